The number of pyridine rings is 1. The Morgan fingerprint density at radius 3 is 3.19 bits per heavy atom. The molecule has 2 aromatic rings. The van der Waals surface area contributed by atoms with E-state index in [1.807, 2.05) is 18.2 Å². The van der Waals surface area contributed by atoms with Gasteiger partial charge in [0.25, 0.3) is 0 Å². The second-order valence-corrected chi connectivity index (χ2v) is 6.11. The summed E-state index contributed by atoms with van der Waals surface area (Å²) < 4.78 is 5.73. The number of hydrogen-bond donors (Lipinski definition) is 1. The summed E-state index contributed by atoms with van der Waals surface area (Å²) in [6, 6.07) is 5.90. The molecular weight excluding hydrogens is 284 g/mol. The Morgan fingerprint density at radius 1 is 1.48 bits per heavy atom. The number of morpholine rings is 1. The third kappa shape index (κ3) is 4.07. The Bertz CT molecular complexity index is 554. The van der Waals surface area contributed by atoms with Gasteiger partial charge in [-0.15, -0.1) is 11.3 Å². The van der Waals surface area contributed by atoms with Gasteiger partial charge in [0, 0.05) is 37.8 Å². The van der Waals surface area contributed by atoms with Crippen molar-refractivity contribution < 1.29 is 4.74 Å². The van der Waals surface area contributed by atoms with Crippen molar-refractivity contribution in [1.82, 2.24) is 20.2 Å². The van der Waals surface area contributed by atoms with Gasteiger partial charge < -0.3 is 10.1 Å². The van der Waals surface area contributed by atoms with Crippen LogP contribution in [0.3, 0.4) is 0 Å². The van der Waals surface area contributed by atoms with Crippen molar-refractivity contribution >= 4 is 11.3 Å². The number of ether oxygens (including phenoxy) is 1. The van der Waals surface area contributed by atoms with Crippen LogP contribution in [0.2, 0.25) is 0 Å². The van der Waals surface area contributed by atoms with Crippen molar-refractivity contribution in [3.8, 4) is 10.7 Å². The average molecular weight is 304 g/mol. The zero-order chi connectivity index (χ0) is 14.5. The minimum absolute atomic E-state index is 0.276. The van der Waals surface area contributed by atoms with Crippen LogP contribution < -0.4 is 5.32 Å². The molecule has 1 aliphatic rings. The molecule has 0 radical (unpaired) electrons. The lowest BCUT2D eigenvalue weighted by molar-refractivity contribution is 0.00871. The average Bonchev–Trinajstić information content (AvgIpc) is 2.97. The summed E-state index contributed by atoms with van der Waals surface area (Å²) in [7, 11) is 2.11. The first-order chi connectivity index (χ1) is 10.3. The third-order valence-corrected chi connectivity index (χ3v) is 4.30. The van der Waals surface area contributed by atoms with Crippen molar-refractivity contribution in [1.29, 1.82) is 0 Å². The third-order valence-electron chi connectivity index (χ3n) is 3.39. The van der Waals surface area contributed by atoms with E-state index in [1.165, 1.54) is 0 Å². The van der Waals surface area contributed by atoms with Gasteiger partial charge in [-0.25, -0.2) is 4.98 Å². The number of aromatic nitrogens is 2. The Kier molecular flexibility index (Phi) is 4.92. The highest BCUT2D eigenvalue weighted by atomic mass is 32.1. The molecule has 1 atom stereocenters. The van der Waals surface area contributed by atoms with Crippen molar-refractivity contribution in [2.45, 2.75) is 12.6 Å². The highest BCUT2D eigenvalue weighted by molar-refractivity contribution is 7.13. The topological polar surface area (TPSA) is 50.3 Å². The lowest BCUT2D eigenvalue weighted by Gasteiger charge is -2.27. The fourth-order valence-electron chi connectivity index (χ4n) is 2.41. The maximum Gasteiger partial charge on any atom is 0.142 e. The smallest absolute Gasteiger partial charge is 0.142 e. The number of nitrogens with zero attached hydrogens (tertiary/aromatic N) is 3. The summed E-state index contributed by atoms with van der Waals surface area (Å²) in [4.78, 5) is 11.3. The molecule has 2 aromatic heterocycles. The zero-order valence-electron chi connectivity index (χ0n) is 12.2. The largest absolute Gasteiger partial charge is 0.374 e. The van der Waals surface area contributed by atoms with Crippen LogP contribution in [-0.2, 0) is 11.3 Å². The Labute approximate surface area is 129 Å². The van der Waals surface area contributed by atoms with E-state index in [9.17, 15) is 0 Å². The fourth-order valence-corrected chi connectivity index (χ4v) is 3.20. The normalized spacial score (nSPS) is 19.0. The van der Waals surface area contributed by atoms with Crippen LogP contribution in [0.5, 0.6) is 0 Å². The summed E-state index contributed by atoms with van der Waals surface area (Å²) in [6.07, 6.45) is 2.08. The summed E-state index contributed by atoms with van der Waals surface area (Å²) in [5.41, 5.74) is 2.03. The lowest BCUT2D eigenvalue weighted by atomic mass is 10.3. The molecule has 6 heteroatoms. The monoisotopic (exact) mass is 304 g/mol. The van der Waals surface area contributed by atoms with Gasteiger partial charge in [0.2, 0.25) is 0 Å². The maximum atomic E-state index is 5.73. The van der Waals surface area contributed by atoms with Gasteiger partial charge in [-0.3, -0.25) is 9.88 Å². The summed E-state index contributed by atoms with van der Waals surface area (Å²) in [6.45, 7) is 4.45. The molecule has 0 spiro atoms. The number of rotatable bonds is 5. The second-order valence-electron chi connectivity index (χ2n) is 5.25. The van der Waals surface area contributed by atoms with Gasteiger partial charge in [0.1, 0.15) is 5.01 Å². The van der Waals surface area contributed by atoms with Crippen LogP contribution in [0.4, 0.5) is 0 Å². The molecule has 1 unspecified atom stereocenters. The SMILES string of the molecule is CN(Cc1csc(-c2ccccn2)n1)CC1CNCCO1. The standard InChI is InChI=1S/C15H20N4OS/c1-19(10-13-8-16-6-7-20-13)9-12-11-21-15(18-12)14-4-2-3-5-17-14/h2-5,11,13,16H,6-10H2,1H3. The number of nitrogens with one attached hydrogen (secondary N) is 1. The molecule has 5 nitrogen and oxygen atoms in total. The number of likely N-dealkylation sites (N-methyl/N-ethyl adjacent to an activating group) is 1. The summed E-state index contributed by atoms with van der Waals surface area (Å²) in [5, 5.41) is 6.45. The van der Waals surface area contributed by atoms with Crippen LogP contribution >= 0.6 is 11.3 Å². The number of thiazole rings is 1. The fraction of sp³-hybridized carbons (Fsp3) is 0.467. The molecule has 1 saturated heterocycles. The predicted octanol–water partition coefficient (Wildman–Crippen LogP) is 1.63. The van der Waals surface area contributed by atoms with E-state index in [1.54, 1.807) is 17.5 Å². The molecule has 21 heavy (non-hydrogen) atoms. The summed E-state index contributed by atoms with van der Waals surface area (Å²) >= 11 is 1.65. The Hall–Kier alpha value is -1.34. The number of hydrogen-bond acceptors (Lipinski definition) is 6. The van der Waals surface area contributed by atoms with E-state index in [0.717, 1.165) is 49.2 Å². The van der Waals surface area contributed by atoms with Gasteiger partial charge in [-0.2, -0.15) is 0 Å². The van der Waals surface area contributed by atoms with Gasteiger partial charge in [-0.05, 0) is 19.2 Å². The van der Waals surface area contributed by atoms with Crippen LogP contribution in [0.15, 0.2) is 29.8 Å². The lowest BCUT2D eigenvalue weighted by Crippen LogP contribution is -2.44. The van der Waals surface area contributed by atoms with Gasteiger partial charge in [0.05, 0.1) is 24.1 Å². The second kappa shape index (κ2) is 7.09. The van der Waals surface area contributed by atoms with Gasteiger partial charge in [-0.1, -0.05) is 6.07 Å². The molecule has 1 N–H and O–H groups in total. The van der Waals surface area contributed by atoms with Crippen molar-refractivity contribution in [3.05, 3.63) is 35.5 Å². The molecule has 112 valence electrons. The van der Waals surface area contributed by atoms with Gasteiger partial charge >= 0.3 is 0 Å². The minimum Gasteiger partial charge on any atom is -0.374 e. The molecular formula is C15H20N4OS. The van der Waals surface area contributed by atoms with Crippen LogP contribution in [0.25, 0.3) is 10.7 Å². The minimum atomic E-state index is 0.276. The van der Waals surface area contributed by atoms with E-state index in [0.29, 0.717) is 0 Å². The zero-order valence-corrected chi connectivity index (χ0v) is 13.0. The van der Waals surface area contributed by atoms with Crippen molar-refractivity contribution in [2.24, 2.45) is 0 Å². The maximum absolute atomic E-state index is 5.73. The van der Waals surface area contributed by atoms with E-state index in [-0.39, 0.29) is 6.10 Å². The molecule has 1 fully saturated rings. The first-order valence-electron chi connectivity index (χ1n) is 7.18. The first-order valence-corrected chi connectivity index (χ1v) is 8.06. The molecule has 0 aromatic carbocycles. The van der Waals surface area contributed by atoms with Gasteiger partial charge in [0.15, 0.2) is 0 Å². The highest BCUT2D eigenvalue weighted by Gasteiger charge is 2.16. The van der Waals surface area contributed by atoms with Crippen LogP contribution in [-0.4, -0.2) is 54.3 Å². The highest BCUT2D eigenvalue weighted by Crippen LogP contribution is 2.21. The van der Waals surface area contributed by atoms with E-state index in [4.69, 9.17) is 4.74 Å². The van der Waals surface area contributed by atoms with E-state index >= 15 is 0 Å². The molecule has 0 amide bonds. The van der Waals surface area contributed by atoms with Crippen molar-refractivity contribution in [2.75, 3.05) is 33.3 Å². The van der Waals surface area contributed by atoms with Crippen molar-refractivity contribution in [3.63, 3.8) is 0 Å². The first kappa shape index (κ1) is 14.6. The predicted molar refractivity (Wildman–Crippen MR) is 84.3 cm³/mol. The molecule has 3 rings (SSSR count). The molecule has 0 saturated carbocycles. The van der Waals surface area contributed by atoms with E-state index < -0.39 is 0 Å². The molecule has 0 bridgehead atoms. The summed E-state index contributed by atoms with van der Waals surface area (Å²) in [5.74, 6) is 0. The Morgan fingerprint density at radius 2 is 2.43 bits per heavy atom. The molecule has 0 aliphatic carbocycles. The molecule has 1 aliphatic heterocycles. The quantitative estimate of drug-likeness (QED) is 0.910. The van der Waals surface area contributed by atoms with Crippen LogP contribution in [0.1, 0.15) is 5.69 Å². The Balaban J connectivity index is 1.56. The molecule has 3 heterocycles. The van der Waals surface area contributed by atoms with Crippen LogP contribution in [0, 0.1) is 0 Å². The van der Waals surface area contributed by atoms with E-state index in [2.05, 4.69) is 32.6 Å².